The van der Waals surface area contributed by atoms with Crippen molar-refractivity contribution in [2.24, 2.45) is 0 Å². The number of H-pyrrole nitrogens is 1. The standard InChI is InChI=1S/C18H15N3O5/c22-18(13-8-11-4-3-5-14(21(23)24)17(11)20-13)19-9-12-10-25-15-6-1-2-7-16(15)26-12/h1-8,12,20H,9-10H2,(H,19,22). The van der Waals surface area contributed by atoms with E-state index in [0.29, 0.717) is 29.0 Å². The van der Waals surface area contributed by atoms with Crippen LogP contribution in [0.2, 0.25) is 0 Å². The summed E-state index contributed by atoms with van der Waals surface area (Å²) in [6.45, 7) is 0.583. The van der Waals surface area contributed by atoms with Gasteiger partial charge in [0.05, 0.1) is 11.5 Å². The highest BCUT2D eigenvalue weighted by atomic mass is 16.6. The van der Waals surface area contributed by atoms with Crippen molar-refractivity contribution in [2.75, 3.05) is 13.2 Å². The van der Waals surface area contributed by atoms with E-state index in [1.807, 2.05) is 18.2 Å². The Morgan fingerprint density at radius 3 is 2.85 bits per heavy atom. The maximum atomic E-state index is 12.4. The zero-order valence-corrected chi connectivity index (χ0v) is 13.6. The van der Waals surface area contributed by atoms with Gasteiger partial charge in [-0.15, -0.1) is 0 Å². The first kappa shape index (κ1) is 15.9. The monoisotopic (exact) mass is 353 g/mol. The van der Waals surface area contributed by atoms with Crippen LogP contribution in [-0.2, 0) is 0 Å². The van der Waals surface area contributed by atoms with Gasteiger partial charge in [-0.1, -0.05) is 24.3 Å². The number of ether oxygens (including phenoxy) is 2. The van der Waals surface area contributed by atoms with Gasteiger partial charge < -0.3 is 19.8 Å². The van der Waals surface area contributed by atoms with Crippen LogP contribution in [0.25, 0.3) is 10.9 Å². The van der Waals surface area contributed by atoms with Crippen LogP contribution in [0.1, 0.15) is 10.5 Å². The normalized spacial score (nSPS) is 15.6. The highest BCUT2D eigenvalue weighted by molar-refractivity contribution is 6.00. The number of carbonyl (C=O) groups is 1. The summed E-state index contributed by atoms with van der Waals surface area (Å²) in [7, 11) is 0. The molecular weight excluding hydrogens is 338 g/mol. The molecule has 4 rings (SSSR count). The Bertz CT molecular complexity index is 997. The molecule has 0 saturated carbocycles. The van der Waals surface area contributed by atoms with E-state index in [1.54, 1.807) is 24.3 Å². The molecule has 0 bridgehead atoms. The maximum absolute atomic E-state index is 12.4. The number of carbonyl (C=O) groups excluding carboxylic acids is 1. The van der Waals surface area contributed by atoms with Gasteiger partial charge in [0.15, 0.2) is 11.5 Å². The summed E-state index contributed by atoms with van der Waals surface area (Å²) in [5.41, 5.74) is 0.516. The van der Waals surface area contributed by atoms with Crippen LogP contribution in [0.5, 0.6) is 11.5 Å². The van der Waals surface area contributed by atoms with Crippen LogP contribution >= 0.6 is 0 Å². The smallest absolute Gasteiger partial charge is 0.293 e. The lowest BCUT2D eigenvalue weighted by Gasteiger charge is -2.26. The van der Waals surface area contributed by atoms with E-state index in [4.69, 9.17) is 9.47 Å². The number of nitro benzene ring substituents is 1. The van der Waals surface area contributed by atoms with Gasteiger partial charge in [0.2, 0.25) is 0 Å². The van der Waals surface area contributed by atoms with Crippen molar-refractivity contribution in [3.8, 4) is 11.5 Å². The molecule has 1 aliphatic rings. The first-order valence-corrected chi connectivity index (χ1v) is 8.04. The number of fused-ring (bicyclic) bond motifs is 2. The Morgan fingerprint density at radius 1 is 1.23 bits per heavy atom. The van der Waals surface area contributed by atoms with Crippen molar-refractivity contribution in [3.05, 3.63) is 64.3 Å². The molecule has 0 radical (unpaired) electrons. The first-order chi connectivity index (χ1) is 12.6. The predicted octanol–water partition coefficient (Wildman–Crippen LogP) is 2.65. The topological polar surface area (TPSA) is 106 Å². The number of nitrogens with one attached hydrogen (secondary N) is 2. The molecular formula is C18H15N3O5. The average molecular weight is 353 g/mol. The average Bonchev–Trinajstić information content (AvgIpc) is 3.10. The second-order valence-corrected chi connectivity index (χ2v) is 5.89. The van der Waals surface area contributed by atoms with E-state index in [1.165, 1.54) is 6.07 Å². The maximum Gasteiger partial charge on any atom is 0.293 e. The summed E-state index contributed by atoms with van der Waals surface area (Å²) in [6.07, 6.45) is -0.312. The van der Waals surface area contributed by atoms with Crippen LogP contribution < -0.4 is 14.8 Å². The summed E-state index contributed by atoms with van der Waals surface area (Å²) < 4.78 is 11.4. The van der Waals surface area contributed by atoms with Crippen LogP contribution in [0.4, 0.5) is 5.69 Å². The molecule has 8 nitrogen and oxygen atoms in total. The lowest BCUT2D eigenvalue weighted by Crippen LogP contribution is -2.40. The number of para-hydroxylation sites is 3. The molecule has 1 amide bonds. The Hall–Kier alpha value is -3.55. The summed E-state index contributed by atoms with van der Waals surface area (Å²) >= 11 is 0. The minimum atomic E-state index is -0.481. The molecule has 1 aliphatic heterocycles. The van der Waals surface area contributed by atoms with Crippen LogP contribution in [0.3, 0.4) is 0 Å². The van der Waals surface area contributed by atoms with Gasteiger partial charge in [-0.25, -0.2) is 0 Å². The van der Waals surface area contributed by atoms with Gasteiger partial charge in [-0.2, -0.15) is 0 Å². The van der Waals surface area contributed by atoms with Gasteiger partial charge in [-0.3, -0.25) is 14.9 Å². The van der Waals surface area contributed by atoms with Crippen molar-refractivity contribution in [1.82, 2.24) is 10.3 Å². The summed E-state index contributed by atoms with van der Waals surface area (Å²) in [5, 5.41) is 14.5. The molecule has 2 N–H and O–H groups in total. The van der Waals surface area contributed by atoms with E-state index >= 15 is 0 Å². The van der Waals surface area contributed by atoms with Gasteiger partial charge >= 0.3 is 0 Å². The highest BCUT2D eigenvalue weighted by Crippen LogP contribution is 2.30. The second-order valence-electron chi connectivity index (χ2n) is 5.89. The highest BCUT2D eigenvalue weighted by Gasteiger charge is 2.22. The van der Waals surface area contributed by atoms with Crippen molar-refractivity contribution < 1.29 is 19.2 Å². The molecule has 1 unspecified atom stereocenters. The molecule has 0 spiro atoms. The van der Waals surface area contributed by atoms with E-state index < -0.39 is 4.92 Å². The van der Waals surface area contributed by atoms with Gasteiger partial charge in [-0.05, 0) is 18.2 Å². The number of aromatic amines is 1. The zero-order chi connectivity index (χ0) is 18.1. The summed E-state index contributed by atoms with van der Waals surface area (Å²) in [5.74, 6) is 0.954. The molecule has 8 heteroatoms. The van der Waals surface area contributed by atoms with Crippen LogP contribution in [-0.4, -0.2) is 35.1 Å². The van der Waals surface area contributed by atoms with Crippen molar-refractivity contribution in [3.63, 3.8) is 0 Å². The molecule has 26 heavy (non-hydrogen) atoms. The minimum Gasteiger partial charge on any atom is -0.486 e. The number of rotatable bonds is 4. The molecule has 2 aromatic carbocycles. The number of benzene rings is 2. The van der Waals surface area contributed by atoms with Gasteiger partial charge in [0.25, 0.3) is 11.6 Å². The molecule has 3 aromatic rings. The van der Waals surface area contributed by atoms with Crippen molar-refractivity contribution >= 4 is 22.5 Å². The third-order valence-corrected chi connectivity index (χ3v) is 4.13. The van der Waals surface area contributed by atoms with E-state index in [0.717, 1.165) is 0 Å². The Balaban J connectivity index is 1.45. The third-order valence-electron chi connectivity index (χ3n) is 4.13. The molecule has 0 fully saturated rings. The van der Waals surface area contributed by atoms with Crippen molar-refractivity contribution in [2.45, 2.75) is 6.10 Å². The molecule has 132 valence electrons. The quantitative estimate of drug-likeness (QED) is 0.554. The fourth-order valence-corrected chi connectivity index (χ4v) is 2.88. The fraction of sp³-hybridized carbons (Fsp3) is 0.167. The van der Waals surface area contributed by atoms with Gasteiger partial charge in [0, 0.05) is 11.5 Å². The fourth-order valence-electron chi connectivity index (χ4n) is 2.88. The molecule has 1 aromatic heterocycles. The Morgan fingerprint density at radius 2 is 2.04 bits per heavy atom. The number of amides is 1. The Labute approximate surface area is 147 Å². The molecule has 1 atom stereocenters. The number of non-ortho nitro benzene ring substituents is 1. The third kappa shape index (κ3) is 2.92. The van der Waals surface area contributed by atoms with E-state index in [9.17, 15) is 14.9 Å². The SMILES string of the molecule is O=C(NCC1COc2ccccc2O1)c1cc2cccc([N+](=O)[O-])c2[nH]1. The molecule has 0 saturated heterocycles. The summed E-state index contributed by atoms with van der Waals surface area (Å²) in [6, 6.07) is 13.6. The van der Waals surface area contributed by atoms with Gasteiger partial charge in [0.1, 0.15) is 23.9 Å². The number of nitro groups is 1. The lowest BCUT2D eigenvalue weighted by atomic mass is 10.2. The predicted molar refractivity (Wildman–Crippen MR) is 93.6 cm³/mol. The minimum absolute atomic E-state index is 0.0674. The number of hydrogen-bond donors (Lipinski definition) is 2. The molecule has 0 aliphatic carbocycles. The van der Waals surface area contributed by atoms with E-state index in [2.05, 4.69) is 10.3 Å². The number of nitrogens with zero attached hydrogens (tertiary/aromatic N) is 1. The number of hydrogen-bond acceptors (Lipinski definition) is 5. The molecule has 2 heterocycles. The van der Waals surface area contributed by atoms with Crippen LogP contribution in [0, 0.1) is 10.1 Å². The van der Waals surface area contributed by atoms with E-state index in [-0.39, 0.29) is 29.9 Å². The summed E-state index contributed by atoms with van der Waals surface area (Å²) in [4.78, 5) is 25.8. The first-order valence-electron chi connectivity index (χ1n) is 8.04. The number of aromatic nitrogens is 1. The lowest BCUT2D eigenvalue weighted by molar-refractivity contribution is -0.383. The van der Waals surface area contributed by atoms with Crippen LogP contribution in [0.15, 0.2) is 48.5 Å². The Kier molecular flexibility index (Phi) is 3.92. The van der Waals surface area contributed by atoms with Crippen molar-refractivity contribution in [1.29, 1.82) is 0 Å². The zero-order valence-electron chi connectivity index (χ0n) is 13.6. The second kappa shape index (κ2) is 6.40. The largest absolute Gasteiger partial charge is 0.486 e.